The van der Waals surface area contributed by atoms with Crippen LogP contribution in [0, 0.1) is 17.0 Å². The molecule has 5 nitrogen and oxygen atoms in total. The summed E-state index contributed by atoms with van der Waals surface area (Å²) in [5.74, 6) is -0.569. The van der Waals surface area contributed by atoms with Crippen molar-refractivity contribution in [2.75, 3.05) is 5.75 Å². The Bertz CT molecular complexity index is 710. The second kappa shape index (κ2) is 6.41. The van der Waals surface area contributed by atoms with Crippen LogP contribution in [0.1, 0.15) is 15.9 Å². The molecule has 6 heteroatoms. The van der Waals surface area contributed by atoms with Gasteiger partial charge in [0.1, 0.15) is 4.90 Å². The molecule has 0 heterocycles. The fourth-order valence-electron chi connectivity index (χ4n) is 1.82. The number of nitrogens with zero attached hydrogens (tertiary/aromatic N) is 1. The summed E-state index contributed by atoms with van der Waals surface area (Å²) in [7, 11) is -1.74. The maximum absolute atomic E-state index is 12.2. The number of Topliss-reactive ketones (excluding diaryl/α,β-unsaturated/α-hetero) is 1. The van der Waals surface area contributed by atoms with E-state index in [-0.39, 0.29) is 22.1 Å². The first-order valence-electron chi connectivity index (χ1n) is 6.20. The molecule has 0 fully saturated rings. The van der Waals surface area contributed by atoms with Crippen LogP contribution in [-0.2, 0) is 10.8 Å². The van der Waals surface area contributed by atoms with Gasteiger partial charge in [-0.05, 0) is 13.0 Å². The quantitative estimate of drug-likeness (QED) is 0.483. The summed E-state index contributed by atoms with van der Waals surface area (Å²) >= 11 is 0. The molecule has 1 unspecified atom stereocenters. The number of carbonyl (C=O) groups is 1. The molecule has 2 rings (SSSR count). The van der Waals surface area contributed by atoms with Crippen molar-refractivity contribution in [1.29, 1.82) is 0 Å². The molecular weight excluding hydrogens is 290 g/mol. The van der Waals surface area contributed by atoms with Crippen LogP contribution < -0.4 is 0 Å². The number of nitro benzene ring substituents is 1. The molecule has 0 N–H and O–H groups in total. The van der Waals surface area contributed by atoms with Crippen molar-refractivity contribution < 1.29 is 13.9 Å². The van der Waals surface area contributed by atoms with E-state index in [0.29, 0.717) is 5.56 Å². The predicted molar refractivity (Wildman–Crippen MR) is 79.9 cm³/mol. The number of carbonyl (C=O) groups excluding carboxylic acids is 1. The summed E-state index contributed by atoms with van der Waals surface area (Å²) < 4.78 is 12.2. The molecule has 0 saturated carbocycles. The van der Waals surface area contributed by atoms with Crippen LogP contribution >= 0.6 is 0 Å². The number of hydrogen-bond acceptors (Lipinski definition) is 4. The van der Waals surface area contributed by atoms with Crippen molar-refractivity contribution in [3.05, 3.63) is 69.8 Å². The van der Waals surface area contributed by atoms with Crippen molar-refractivity contribution >= 4 is 22.3 Å². The third kappa shape index (κ3) is 3.61. The first-order valence-corrected chi connectivity index (χ1v) is 7.52. The molecule has 2 aromatic carbocycles. The van der Waals surface area contributed by atoms with E-state index in [4.69, 9.17) is 0 Å². The van der Waals surface area contributed by atoms with E-state index >= 15 is 0 Å². The smallest absolute Gasteiger partial charge is 0.285 e. The minimum atomic E-state index is -1.74. The lowest BCUT2D eigenvalue weighted by atomic mass is 10.1. The average molecular weight is 303 g/mol. The fourth-order valence-corrected chi connectivity index (χ4v) is 2.99. The summed E-state index contributed by atoms with van der Waals surface area (Å²) in [5.41, 5.74) is 1.24. The van der Waals surface area contributed by atoms with E-state index in [2.05, 4.69) is 0 Å². The maximum atomic E-state index is 12.2. The van der Waals surface area contributed by atoms with Crippen LogP contribution in [0.25, 0.3) is 0 Å². The van der Waals surface area contributed by atoms with Gasteiger partial charge in [0.2, 0.25) is 0 Å². The molecule has 0 aliphatic carbocycles. The number of ketones is 1. The third-order valence-electron chi connectivity index (χ3n) is 2.94. The maximum Gasteiger partial charge on any atom is 0.285 e. The number of para-hydroxylation sites is 1. The van der Waals surface area contributed by atoms with Gasteiger partial charge in [-0.25, -0.2) is 0 Å². The van der Waals surface area contributed by atoms with Crippen molar-refractivity contribution in [1.82, 2.24) is 0 Å². The van der Waals surface area contributed by atoms with Gasteiger partial charge in [0.05, 0.1) is 21.5 Å². The van der Waals surface area contributed by atoms with Crippen LogP contribution in [-0.4, -0.2) is 20.7 Å². The van der Waals surface area contributed by atoms with Crippen LogP contribution in [0.2, 0.25) is 0 Å². The second-order valence-corrected chi connectivity index (χ2v) is 5.92. The molecule has 21 heavy (non-hydrogen) atoms. The zero-order chi connectivity index (χ0) is 15.4. The summed E-state index contributed by atoms with van der Waals surface area (Å²) in [6.07, 6.45) is 0. The van der Waals surface area contributed by atoms with E-state index in [1.165, 1.54) is 18.2 Å². The average Bonchev–Trinajstić information content (AvgIpc) is 2.47. The summed E-state index contributed by atoms with van der Waals surface area (Å²) in [6.45, 7) is 1.90. The number of aryl methyl sites for hydroxylation is 1. The summed E-state index contributed by atoms with van der Waals surface area (Å²) in [5, 5.41) is 10.9. The van der Waals surface area contributed by atoms with E-state index in [9.17, 15) is 19.1 Å². The molecule has 0 radical (unpaired) electrons. The third-order valence-corrected chi connectivity index (χ3v) is 4.30. The molecule has 0 aromatic heterocycles. The minimum Gasteiger partial charge on any atom is -0.293 e. The largest absolute Gasteiger partial charge is 0.293 e. The Morgan fingerprint density at radius 2 is 1.76 bits per heavy atom. The van der Waals surface area contributed by atoms with Crippen LogP contribution in [0.4, 0.5) is 5.69 Å². The Balaban J connectivity index is 2.20. The van der Waals surface area contributed by atoms with Gasteiger partial charge in [-0.1, -0.05) is 42.0 Å². The summed E-state index contributed by atoms with van der Waals surface area (Å²) in [6, 6.07) is 12.7. The van der Waals surface area contributed by atoms with Gasteiger partial charge in [-0.2, -0.15) is 0 Å². The topological polar surface area (TPSA) is 77.3 Å². The van der Waals surface area contributed by atoms with Gasteiger partial charge < -0.3 is 0 Å². The molecule has 0 bridgehead atoms. The van der Waals surface area contributed by atoms with Crippen molar-refractivity contribution in [3.63, 3.8) is 0 Å². The van der Waals surface area contributed by atoms with E-state index in [1.807, 2.05) is 6.92 Å². The number of nitro groups is 1. The lowest BCUT2D eigenvalue weighted by Crippen LogP contribution is -2.12. The Morgan fingerprint density at radius 1 is 1.14 bits per heavy atom. The van der Waals surface area contributed by atoms with Crippen molar-refractivity contribution in [2.24, 2.45) is 0 Å². The first kappa shape index (κ1) is 15.1. The zero-order valence-corrected chi connectivity index (χ0v) is 12.1. The van der Waals surface area contributed by atoms with E-state index in [0.717, 1.165) is 5.56 Å². The SMILES string of the molecule is Cc1ccc(C(=O)CS(=O)c2ccccc2[N+](=O)[O-])cc1. The first-order chi connectivity index (χ1) is 9.99. The van der Waals surface area contributed by atoms with Gasteiger partial charge in [0.25, 0.3) is 5.69 Å². The molecule has 0 aliphatic rings. The molecule has 0 saturated heterocycles. The van der Waals surface area contributed by atoms with E-state index < -0.39 is 15.7 Å². The highest BCUT2D eigenvalue weighted by atomic mass is 32.2. The van der Waals surface area contributed by atoms with E-state index in [1.54, 1.807) is 30.3 Å². The normalized spacial score (nSPS) is 11.9. The Morgan fingerprint density at radius 3 is 2.38 bits per heavy atom. The van der Waals surface area contributed by atoms with Crippen molar-refractivity contribution in [3.8, 4) is 0 Å². The predicted octanol–water partition coefficient (Wildman–Crippen LogP) is 2.89. The highest BCUT2D eigenvalue weighted by Crippen LogP contribution is 2.22. The number of rotatable bonds is 5. The van der Waals surface area contributed by atoms with Crippen LogP contribution in [0.3, 0.4) is 0 Å². The molecule has 108 valence electrons. The van der Waals surface area contributed by atoms with Gasteiger partial charge in [0.15, 0.2) is 5.78 Å². The Kier molecular flexibility index (Phi) is 4.59. The van der Waals surface area contributed by atoms with Gasteiger partial charge in [-0.3, -0.25) is 19.1 Å². The molecule has 0 amide bonds. The highest BCUT2D eigenvalue weighted by Gasteiger charge is 2.20. The van der Waals surface area contributed by atoms with Crippen LogP contribution in [0.5, 0.6) is 0 Å². The highest BCUT2D eigenvalue weighted by molar-refractivity contribution is 7.86. The lowest BCUT2D eigenvalue weighted by Gasteiger charge is -2.04. The lowest BCUT2D eigenvalue weighted by molar-refractivity contribution is -0.387. The molecule has 0 spiro atoms. The molecule has 1 atom stereocenters. The Hall–Kier alpha value is -2.34. The van der Waals surface area contributed by atoms with Gasteiger partial charge in [0, 0.05) is 11.6 Å². The number of benzene rings is 2. The fraction of sp³-hybridized carbons (Fsp3) is 0.133. The second-order valence-electron chi connectivity index (χ2n) is 4.50. The van der Waals surface area contributed by atoms with Gasteiger partial charge >= 0.3 is 0 Å². The molecule has 2 aromatic rings. The molecule has 0 aliphatic heterocycles. The van der Waals surface area contributed by atoms with Crippen LogP contribution in [0.15, 0.2) is 53.4 Å². The monoisotopic (exact) mass is 303 g/mol. The minimum absolute atomic E-state index is 0.0722. The summed E-state index contributed by atoms with van der Waals surface area (Å²) in [4.78, 5) is 22.4. The zero-order valence-electron chi connectivity index (χ0n) is 11.3. The van der Waals surface area contributed by atoms with Gasteiger partial charge in [-0.15, -0.1) is 0 Å². The molecular formula is C15H13NO4S. The van der Waals surface area contributed by atoms with Crippen molar-refractivity contribution in [2.45, 2.75) is 11.8 Å². The standard InChI is InChI=1S/C15H13NO4S/c1-11-6-8-12(9-7-11)14(17)10-21(20)15-5-3-2-4-13(15)16(18)19/h2-9H,10H2,1H3. The number of hydrogen-bond donors (Lipinski definition) is 0. The Labute approximate surface area is 124 Å².